The molecule has 1 unspecified atom stereocenters. The highest BCUT2D eigenvalue weighted by Crippen LogP contribution is 2.17. The third-order valence-electron chi connectivity index (χ3n) is 2.88. The molecular weight excluding hydrogens is 244 g/mol. The van der Waals surface area contributed by atoms with Crippen molar-refractivity contribution in [2.45, 2.75) is 26.3 Å². The van der Waals surface area contributed by atoms with Gasteiger partial charge in [0.1, 0.15) is 0 Å². The van der Waals surface area contributed by atoms with E-state index in [9.17, 15) is 4.79 Å². The summed E-state index contributed by atoms with van der Waals surface area (Å²) in [7, 11) is 1.83. The predicted octanol–water partition coefficient (Wildman–Crippen LogP) is 2.91. The van der Waals surface area contributed by atoms with Crippen LogP contribution in [0.5, 0.6) is 0 Å². The fraction of sp³-hybridized carbons (Fsp3) is 0.500. The summed E-state index contributed by atoms with van der Waals surface area (Å²) in [5, 5.41) is 6.15. The van der Waals surface area contributed by atoms with Crippen LogP contribution in [0.1, 0.15) is 29.3 Å². The number of anilines is 1. The van der Waals surface area contributed by atoms with Crippen LogP contribution >= 0.6 is 11.8 Å². The molecule has 2 N–H and O–H groups in total. The number of aryl methyl sites for hydroxylation is 1. The molecule has 1 atom stereocenters. The van der Waals surface area contributed by atoms with Crippen LogP contribution in [0.2, 0.25) is 0 Å². The van der Waals surface area contributed by atoms with Crippen molar-refractivity contribution >= 4 is 23.4 Å². The van der Waals surface area contributed by atoms with Gasteiger partial charge in [-0.05, 0) is 31.7 Å². The smallest absolute Gasteiger partial charge is 0.253 e. The molecule has 0 aliphatic carbocycles. The molecule has 0 radical (unpaired) electrons. The minimum Gasteiger partial charge on any atom is -0.387 e. The zero-order chi connectivity index (χ0) is 13.5. The van der Waals surface area contributed by atoms with Gasteiger partial charge < -0.3 is 10.6 Å². The zero-order valence-corrected chi connectivity index (χ0v) is 12.4. The van der Waals surface area contributed by atoms with Gasteiger partial charge in [-0.2, -0.15) is 11.8 Å². The molecule has 0 spiro atoms. The Morgan fingerprint density at radius 3 is 2.72 bits per heavy atom. The van der Waals surface area contributed by atoms with Crippen molar-refractivity contribution in [3.63, 3.8) is 0 Å². The molecule has 1 aromatic rings. The van der Waals surface area contributed by atoms with Crippen molar-refractivity contribution in [1.29, 1.82) is 0 Å². The molecule has 100 valence electrons. The molecule has 1 rings (SSSR count). The van der Waals surface area contributed by atoms with E-state index in [1.165, 1.54) is 0 Å². The Balaban J connectivity index is 2.85. The van der Waals surface area contributed by atoms with Crippen molar-refractivity contribution < 1.29 is 4.79 Å². The molecule has 0 saturated carbocycles. The number of carbonyl (C=O) groups is 1. The molecule has 0 bridgehead atoms. The second-order valence-corrected chi connectivity index (χ2v) is 5.24. The highest BCUT2D eigenvalue weighted by molar-refractivity contribution is 7.98. The summed E-state index contributed by atoms with van der Waals surface area (Å²) in [6.45, 7) is 4.09. The molecule has 0 aliphatic heterocycles. The van der Waals surface area contributed by atoms with Gasteiger partial charge in [0.2, 0.25) is 0 Å². The summed E-state index contributed by atoms with van der Waals surface area (Å²) >= 11 is 1.75. The van der Waals surface area contributed by atoms with Gasteiger partial charge >= 0.3 is 0 Å². The van der Waals surface area contributed by atoms with E-state index in [0.29, 0.717) is 0 Å². The van der Waals surface area contributed by atoms with Crippen LogP contribution in [0.25, 0.3) is 0 Å². The minimum absolute atomic E-state index is 0.00366. The van der Waals surface area contributed by atoms with Crippen LogP contribution in [0.15, 0.2) is 18.2 Å². The topological polar surface area (TPSA) is 41.1 Å². The average molecular weight is 266 g/mol. The highest BCUT2D eigenvalue weighted by atomic mass is 32.2. The van der Waals surface area contributed by atoms with Gasteiger partial charge in [0.15, 0.2) is 0 Å². The molecule has 18 heavy (non-hydrogen) atoms. The summed E-state index contributed by atoms with van der Waals surface area (Å²) in [5.41, 5.74) is 2.69. The van der Waals surface area contributed by atoms with Crippen LogP contribution in [0.4, 0.5) is 5.69 Å². The van der Waals surface area contributed by atoms with Gasteiger partial charge in [-0.3, -0.25) is 4.79 Å². The Morgan fingerprint density at radius 2 is 2.17 bits per heavy atom. The van der Waals surface area contributed by atoms with Crippen molar-refractivity contribution in [2.75, 3.05) is 24.4 Å². The summed E-state index contributed by atoms with van der Waals surface area (Å²) in [4.78, 5) is 12.3. The fourth-order valence-electron chi connectivity index (χ4n) is 1.79. The van der Waals surface area contributed by atoms with E-state index in [1.807, 2.05) is 32.2 Å². The van der Waals surface area contributed by atoms with Crippen molar-refractivity contribution in [3.8, 4) is 0 Å². The third-order valence-corrected chi connectivity index (χ3v) is 3.62. The molecule has 4 heteroatoms. The number of benzene rings is 1. The van der Waals surface area contributed by atoms with Crippen molar-refractivity contribution in [3.05, 3.63) is 29.3 Å². The number of amides is 1. The Bertz CT molecular complexity index is 407. The lowest BCUT2D eigenvalue weighted by molar-refractivity contribution is 0.0941. The maximum atomic E-state index is 12.3. The summed E-state index contributed by atoms with van der Waals surface area (Å²) in [6, 6.07) is 6.10. The van der Waals surface area contributed by atoms with Gasteiger partial charge in [-0.25, -0.2) is 0 Å². The van der Waals surface area contributed by atoms with E-state index in [2.05, 4.69) is 23.8 Å². The van der Waals surface area contributed by atoms with Gasteiger partial charge in [0, 0.05) is 24.5 Å². The van der Waals surface area contributed by atoms with Crippen LogP contribution < -0.4 is 10.6 Å². The van der Waals surface area contributed by atoms with Crippen molar-refractivity contribution in [1.82, 2.24) is 5.32 Å². The first kappa shape index (κ1) is 14.9. The number of hydrogen-bond acceptors (Lipinski definition) is 3. The number of nitrogens with one attached hydrogen (secondary N) is 2. The van der Waals surface area contributed by atoms with Crippen LogP contribution in [-0.2, 0) is 0 Å². The van der Waals surface area contributed by atoms with Crippen molar-refractivity contribution in [2.24, 2.45) is 0 Å². The minimum atomic E-state index is 0.00366. The van der Waals surface area contributed by atoms with E-state index in [-0.39, 0.29) is 11.9 Å². The predicted molar refractivity (Wildman–Crippen MR) is 80.7 cm³/mol. The first-order valence-corrected chi connectivity index (χ1v) is 7.60. The lowest BCUT2D eigenvalue weighted by Crippen LogP contribution is -2.36. The van der Waals surface area contributed by atoms with Crippen LogP contribution in [0.3, 0.4) is 0 Å². The Labute approximate surface area is 114 Å². The van der Waals surface area contributed by atoms with Gasteiger partial charge in [0.25, 0.3) is 5.91 Å². The molecule has 1 amide bonds. The Kier molecular flexibility index (Phi) is 6.05. The van der Waals surface area contributed by atoms with E-state index < -0.39 is 0 Å². The molecule has 0 fully saturated rings. The van der Waals surface area contributed by atoms with E-state index >= 15 is 0 Å². The number of carbonyl (C=O) groups excluding carboxylic acids is 1. The monoisotopic (exact) mass is 266 g/mol. The normalized spacial score (nSPS) is 12.0. The molecule has 3 nitrogen and oxygen atoms in total. The second kappa shape index (κ2) is 7.31. The molecule has 0 aliphatic rings. The van der Waals surface area contributed by atoms with Crippen LogP contribution in [0, 0.1) is 6.92 Å². The largest absolute Gasteiger partial charge is 0.387 e. The summed E-state index contributed by atoms with van der Waals surface area (Å²) < 4.78 is 0. The quantitative estimate of drug-likeness (QED) is 0.832. The SMILES string of the molecule is CCC(CSC)NC(=O)c1cc(C)ccc1NC. The third kappa shape index (κ3) is 3.95. The molecule has 0 saturated heterocycles. The van der Waals surface area contributed by atoms with Crippen LogP contribution in [-0.4, -0.2) is 31.0 Å². The first-order chi connectivity index (χ1) is 8.62. The second-order valence-electron chi connectivity index (χ2n) is 4.33. The first-order valence-electron chi connectivity index (χ1n) is 6.20. The van der Waals surface area contributed by atoms with E-state index in [4.69, 9.17) is 0 Å². The molecule has 0 aromatic heterocycles. The average Bonchev–Trinajstić information content (AvgIpc) is 2.38. The Hall–Kier alpha value is -1.16. The number of thioether (sulfide) groups is 1. The summed E-state index contributed by atoms with van der Waals surface area (Å²) in [6.07, 6.45) is 3.01. The molecule has 0 heterocycles. The standard InChI is InChI=1S/C14H22N2OS/c1-5-11(9-18-4)16-14(17)12-8-10(2)6-7-13(12)15-3/h6-8,11,15H,5,9H2,1-4H3,(H,16,17). The van der Waals surface area contributed by atoms with E-state index in [1.54, 1.807) is 11.8 Å². The molecular formula is C14H22N2OS. The maximum Gasteiger partial charge on any atom is 0.253 e. The van der Waals surface area contributed by atoms with Gasteiger partial charge in [0.05, 0.1) is 5.56 Å². The zero-order valence-electron chi connectivity index (χ0n) is 11.5. The highest BCUT2D eigenvalue weighted by Gasteiger charge is 2.14. The number of hydrogen-bond donors (Lipinski definition) is 2. The lowest BCUT2D eigenvalue weighted by atomic mass is 10.1. The number of rotatable bonds is 6. The van der Waals surface area contributed by atoms with Gasteiger partial charge in [-0.15, -0.1) is 0 Å². The van der Waals surface area contributed by atoms with Gasteiger partial charge in [-0.1, -0.05) is 18.6 Å². The van der Waals surface area contributed by atoms with E-state index in [0.717, 1.165) is 29.0 Å². The Morgan fingerprint density at radius 1 is 1.44 bits per heavy atom. The molecule has 1 aromatic carbocycles. The fourth-order valence-corrected chi connectivity index (χ4v) is 2.51. The lowest BCUT2D eigenvalue weighted by Gasteiger charge is -2.17. The summed E-state index contributed by atoms with van der Waals surface area (Å²) in [5.74, 6) is 0.951. The maximum absolute atomic E-state index is 12.3.